The highest BCUT2D eigenvalue weighted by Crippen LogP contribution is 2.12. The fourth-order valence-electron chi connectivity index (χ4n) is 1.47. The Kier molecular flexibility index (Phi) is 1.97. The molecular formula is C8H11N5O. The zero-order chi connectivity index (χ0) is 10.1. The van der Waals surface area contributed by atoms with Gasteiger partial charge >= 0.3 is 0 Å². The summed E-state index contributed by atoms with van der Waals surface area (Å²) in [5, 5.41) is 0.546. The van der Waals surface area contributed by atoms with E-state index in [1.807, 2.05) is 0 Å². The molecule has 74 valence electrons. The van der Waals surface area contributed by atoms with Crippen LogP contribution >= 0.6 is 0 Å². The van der Waals surface area contributed by atoms with Crippen LogP contribution in [0.4, 0.5) is 5.95 Å². The van der Waals surface area contributed by atoms with Crippen LogP contribution in [0.1, 0.15) is 5.56 Å². The van der Waals surface area contributed by atoms with Crippen molar-refractivity contribution < 1.29 is 0 Å². The molecular weight excluding hydrogens is 182 g/mol. The summed E-state index contributed by atoms with van der Waals surface area (Å²) in [4.78, 5) is 20.8. The Morgan fingerprint density at radius 1 is 1.50 bits per heavy atom. The van der Waals surface area contributed by atoms with Crippen LogP contribution in [0.5, 0.6) is 0 Å². The minimum Gasteiger partial charge on any atom is -0.369 e. The first kappa shape index (κ1) is 8.76. The molecule has 0 aliphatic heterocycles. The lowest BCUT2D eigenvalue weighted by atomic mass is 10.2. The number of H-pyrrole nitrogens is 2. The van der Waals surface area contributed by atoms with Gasteiger partial charge in [0.05, 0.1) is 5.39 Å². The van der Waals surface area contributed by atoms with Gasteiger partial charge in [0.2, 0.25) is 5.95 Å². The molecule has 0 saturated heterocycles. The maximum absolute atomic E-state index is 11.5. The summed E-state index contributed by atoms with van der Waals surface area (Å²) in [6.07, 6.45) is 2.38. The highest BCUT2D eigenvalue weighted by molar-refractivity contribution is 5.79. The number of nitrogens with two attached hydrogens (primary N) is 2. The zero-order valence-corrected chi connectivity index (χ0v) is 7.50. The van der Waals surface area contributed by atoms with E-state index < -0.39 is 0 Å². The molecule has 0 saturated carbocycles. The fraction of sp³-hybridized carbons (Fsp3) is 0.250. The lowest BCUT2D eigenvalue weighted by molar-refractivity contribution is 0.975. The largest absolute Gasteiger partial charge is 0.369 e. The second-order valence-electron chi connectivity index (χ2n) is 3.03. The van der Waals surface area contributed by atoms with E-state index in [0.717, 1.165) is 5.56 Å². The third kappa shape index (κ3) is 1.25. The van der Waals surface area contributed by atoms with Crippen molar-refractivity contribution in [1.29, 1.82) is 0 Å². The summed E-state index contributed by atoms with van der Waals surface area (Å²) in [6, 6.07) is 0. The van der Waals surface area contributed by atoms with Gasteiger partial charge in [0.1, 0.15) is 5.65 Å². The van der Waals surface area contributed by atoms with E-state index in [4.69, 9.17) is 11.5 Å². The summed E-state index contributed by atoms with van der Waals surface area (Å²) in [6.45, 7) is 0.497. The van der Waals surface area contributed by atoms with Crippen molar-refractivity contribution in [2.45, 2.75) is 6.42 Å². The molecule has 0 aromatic carbocycles. The van der Waals surface area contributed by atoms with Crippen molar-refractivity contribution in [2.24, 2.45) is 5.73 Å². The zero-order valence-electron chi connectivity index (χ0n) is 7.50. The van der Waals surface area contributed by atoms with E-state index in [9.17, 15) is 4.79 Å². The number of nitrogens with one attached hydrogen (secondary N) is 2. The van der Waals surface area contributed by atoms with Gasteiger partial charge in [-0.3, -0.25) is 9.78 Å². The minimum absolute atomic E-state index is 0.114. The van der Waals surface area contributed by atoms with E-state index in [-0.39, 0.29) is 11.5 Å². The quantitative estimate of drug-likeness (QED) is 0.506. The first-order chi connectivity index (χ1) is 6.72. The van der Waals surface area contributed by atoms with Crippen molar-refractivity contribution in [3.63, 3.8) is 0 Å². The van der Waals surface area contributed by atoms with Crippen LogP contribution < -0.4 is 17.0 Å². The number of aromatic amines is 2. The van der Waals surface area contributed by atoms with E-state index in [0.29, 0.717) is 24.0 Å². The molecule has 0 atom stereocenters. The Labute approximate surface area is 79.3 Å². The standard InChI is InChI=1S/C8H11N5O/c9-2-1-4-3-11-6-5(4)7(14)13-8(10)12-6/h3H,1-2,9H2,(H4,10,11,12,13,14). The molecule has 0 aliphatic carbocycles. The van der Waals surface area contributed by atoms with Crippen LogP contribution in [-0.2, 0) is 6.42 Å². The molecule has 0 aliphatic rings. The fourth-order valence-corrected chi connectivity index (χ4v) is 1.47. The highest BCUT2D eigenvalue weighted by atomic mass is 16.1. The number of nitrogens with zero attached hydrogens (tertiary/aromatic N) is 1. The third-order valence-electron chi connectivity index (χ3n) is 2.06. The van der Waals surface area contributed by atoms with Gasteiger partial charge in [0.25, 0.3) is 5.56 Å². The van der Waals surface area contributed by atoms with E-state index in [2.05, 4.69) is 15.0 Å². The molecule has 6 heteroatoms. The maximum Gasteiger partial charge on any atom is 0.262 e. The molecule has 2 aromatic heterocycles. The van der Waals surface area contributed by atoms with Crippen LogP contribution in [0.3, 0.4) is 0 Å². The lowest BCUT2D eigenvalue weighted by Gasteiger charge is -1.95. The third-order valence-corrected chi connectivity index (χ3v) is 2.06. The highest BCUT2D eigenvalue weighted by Gasteiger charge is 2.08. The van der Waals surface area contributed by atoms with Gasteiger partial charge in [-0.1, -0.05) is 0 Å². The van der Waals surface area contributed by atoms with Crippen molar-refractivity contribution in [2.75, 3.05) is 12.3 Å². The Balaban J connectivity index is 2.73. The summed E-state index contributed by atoms with van der Waals surface area (Å²) >= 11 is 0. The minimum atomic E-state index is -0.225. The average molecular weight is 193 g/mol. The molecule has 14 heavy (non-hydrogen) atoms. The topological polar surface area (TPSA) is 114 Å². The number of hydrogen-bond acceptors (Lipinski definition) is 4. The number of fused-ring (bicyclic) bond motifs is 1. The van der Waals surface area contributed by atoms with Crippen molar-refractivity contribution >= 4 is 17.0 Å². The van der Waals surface area contributed by atoms with Gasteiger partial charge in [0.15, 0.2) is 0 Å². The molecule has 0 unspecified atom stereocenters. The number of anilines is 1. The predicted molar refractivity (Wildman–Crippen MR) is 53.9 cm³/mol. The molecule has 6 nitrogen and oxygen atoms in total. The first-order valence-corrected chi connectivity index (χ1v) is 4.28. The summed E-state index contributed by atoms with van der Waals surface area (Å²) in [5.74, 6) is 0.114. The van der Waals surface area contributed by atoms with Crippen LogP contribution in [0, 0.1) is 0 Å². The molecule has 0 spiro atoms. The molecule has 0 bridgehead atoms. The second-order valence-corrected chi connectivity index (χ2v) is 3.03. The Morgan fingerprint density at radius 3 is 3.00 bits per heavy atom. The molecule has 0 amide bonds. The Hall–Kier alpha value is -1.82. The van der Waals surface area contributed by atoms with Crippen LogP contribution in [0.25, 0.3) is 11.0 Å². The Morgan fingerprint density at radius 2 is 2.29 bits per heavy atom. The molecule has 6 N–H and O–H groups in total. The SMILES string of the molecule is NCCc1c[nH]c2nc(N)[nH]c(=O)c12. The summed E-state index contributed by atoms with van der Waals surface area (Å²) < 4.78 is 0. The number of nitrogen functional groups attached to an aromatic ring is 1. The van der Waals surface area contributed by atoms with Crippen LogP contribution in [0.2, 0.25) is 0 Å². The monoisotopic (exact) mass is 193 g/mol. The second kappa shape index (κ2) is 3.15. The van der Waals surface area contributed by atoms with E-state index >= 15 is 0 Å². The lowest BCUT2D eigenvalue weighted by Crippen LogP contribution is -2.12. The van der Waals surface area contributed by atoms with Gasteiger partial charge in [0, 0.05) is 6.20 Å². The Bertz CT molecular complexity index is 512. The summed E-state index contributed by atoms with van der Waals surface area (Å²) in [7, 11) is 0. The number of rotatable bonds is 2. The van der Waals surface area contributed by atoms with Crippen LogP contribution in [-0.4, -0.2) is 21.5 Å². The number of aromatic nitrogens is 3. The molecule has 2 rings (SSSR count). The number of hydrogen-bond donors (Lipinski definition) is 4. The maximum atomic E-state index is 11.5. The van der Waals surface area contributed by atoms with Gasteiger partial charge in [-0.25, -0.2) is 0 Å². The smallest absolute Gasteiger partial charge is 0.262 e. The molecule has 0 fully saturated rings. The normalized spacial score (nSPS) is 10.9. The van der Waals surface area contributed by atoms with Gasteiger partial charge in [-0.05, 0) is 18.5 Å². The van der Waals surface area contributed by atoms with Gasteiger partial charge < -0.3 is 16.5 Å². The molecule has 0 radical (unpaired) electrons. The van der Waals surface area contributed by atoms with Crippen molar-refractivity contribution in [1.82, 2.24) is 15.0 Å². The summed E-state index contributed by atoms with van der Waals surface area (Å²) in [5.41, 5.74) is 12.0. The molecule has 2 aromatic rings. The first-order valence-electron chi connectivity index (χ1n) is 4.28. The van der Waals surface area contributed by atoms with E-state index in [1.165, 1.54) is 0 Å². The van der Waals surface area contributed by atoms with Gasteiger partial charge in [-0.2, -0.15) is 4.98 Å². The van der Waals surface area contributed by atoms with Crippen LogP contribution in [0.15, 0.2) is 11.0 Å². The van der Waals surface area contributed by atoms with E-state index in [1.54, 1.807) is 6.20 Å². The van der Waals surface area contributed by atoms with Gasteiger partial charge in [-0.15, -0.1) is 0 Å². The van der Waals surface area contributed by atoms with Crippen molar-refractivity contribution in [3.05, 3.63) is 22.1 Å². The van der Waals surface area contributed by atoms with Crippen molar-refractivity contribution in [3.8, 4) is 0 Å². The predicted octanol–water partition coefficient (Wildman–Crippen LogP) is -0.665. The molecule has 2 heterocycles. The average Bonchev–Trinajstić information content (AvgIpc) is 2.49.